The van der Waals surface area contributed by atoms with Gasteiger partial charge in [0.05, 0.1) is 19.3 Å². The van der Waals surface area contributed by atoms with E-state index >= 15 is 0 Å². The molecule has 126 valence electrons. The molecule has 1 amide bonds. The third-order valence-electron chi connectivity index (χ3n) is 4.16. The topological polar surface area (TPSA) is 41.6 Å². The van der Waals surface area contributed by atoms with Crippen molar-refractivity contribution in [2.45, 2.75) is 6.04 Å². The second-order valence-electron chi connectivity index (χ2n) is 5.86. The van der Waals surface area contributed by atoms with Gasteiger partial charge in [0.15, 0.2) is 0 Å². The number of halogens is 1. The quantitative estimate of drug-likeness (QED) is 0.854. The van der Waals surface area contributed by atoms with Crippen LogP contribution in [0, 0.1) is 0 Å². The number of morpholine rings is 1. The van der Waals surface area contributed by atoms with Crippen LogP contribution in [0.2, 0.25) is 0 Å². The van der Waals surface area contributed by atoms with Crippen molar-refractivity contribution in [1.29, 1.82) is 0 Å². The molecule has 0 aliphatic carbocycles. The van der Waals surface area contributed by atoms with E-state index in [9.17, 15) is 4.79 Å². The van der Waals surface area contributed by atoms with E-state index in [1.54, 1.807) is 0 Å². The molecular formula is C19H21BrN2O2. The fourth-order valence-corrected chi connectivity index (χ4v) is 3.07. The summed E-state index contributed by atoms with van der Waals surface area (Å²) in [6, 6.07) is 17.5. The van der Waals surface area contributed by atoms with Gasteiger partial charge >= 0.3 is 0 Å². The Morgan fingerprint density at radius 3 is 2.42 bits per heavy atom. The van der Waals surface area contributed by atoms with Crippen LogP contribution in [0.15, 0.2) is 59.1 Å². The van der Waals surface area contributed by atoms with Crippen LogP contribution in [0.25, 0.3) is 0 Å². The van der Waals surface area contributed by atoms with Gasteiger partial charge in [0.1, 0.15) is 0 Å². The molecule has 1 saturated heterocycles. The third kappa shape index (κ3) is 4.66. The van der Waals surface area contributed by atoms with Gasteiger partial charge in [-0.2, -0.15) is 0 Å². The lowest BCUT2D eigenvalue weighted by molar-refractivity contribution is 0.0332. The largest absolute Gasteiger partial charge is 0.379 e. The van der Waals surface area contributed by atoms with E-state index in [4.69, 9.17) is 4.74 Å². The molecule has 0 bridgehead atoms. The van der Waals surface area contributed by atoms with E-state index in [1.807, 2.05) is 42.5 Å². The van der Waals surface area contributed by atoms with Crippen LogP contribution >= 0.6 is 15.9 Å². The van der Waals surface area contributed by atoms with Crippen LogP contribution in [0.4, 0.5) is 0 Å². The highest BCUT2D eigenvalue weighted by molar-refractivity contribution is 9.10. The molecule has 0 aromatic heterocycles. The van der Waals surface area contributed by atoms with Gasteiger partial charge in [-0.3, -0.25) is 9.69 Å². The summed E-state index contributed by atoms with van der Waals surface area (Å²) in [4.78, 5) is 14.9. The molecule has 5 heteroatoms. The minimum absolute atomic E-state index is 0.0413. The van der Waals surface area contributed by atoms with E-state index in [1.165, 1.54) is 0 Å². The van der Waals surface area contributed by atoms with Crippen molar-refractivity contribution >= 4 is 21.8 Å². The molecule has 2 aromatic rings. The third-order valence-corrected chi connectivity index (χ3v) is 4.69. The van der Waals surface area contributed by atoms with Crippen LogP contribution < -0.4 is 5.32 Å². The Morgan fingerprint density at radius 2 is 1.75 bits per heavy atom. The fraction of sp³-hybridized carbons (Fsp3) is 0.316. The molecule has 1 aliphatic heterocycles. The Balaban J connectivity index is 1.73. The van der Waals surface area contributed by atoms with Gasteiger partial charge in [-0.05, 0) is 29.8 Å². The van der Waals surface area contributed by atoms with Gasteiger partial charge in [-0.25, -0.2) is 0 Å². The maximum absolute atomic E-state index is 12.6. The highest BCUT2D eigenvalue weighted by Gasteiger charge is 2.20. The first-order chi connectivity index (χ1) is 11.7. The predicted molar refractivity (Wildman–Crippen MR) is 98.1 cm³/mol. The lowest BCUT2D eigenvalue weighted by Crippen LogP contribution is -2.43. The van der Waals surface area contributed by atoms with E-state index in [2.05, 4.69) is 38.3 Å². The zero-order valence-corrected chi connectivity index (χ0v) is 15.0. The second-order valence-corrected chi connectivity index (χ2v) is 6.77. The summed E-state index contributed by atoms with van der Waals surface area (Å²) in [6.45, 7) is 4.09. The number of carbonyl (C=O) groups excluding carboxylic acids is 1. The van der Waals surface area contributed by atoms with Crippen LogP contribution in [-0.4, -0.2) is 43.7 Å². The van der Waals surface area contributed by atoms with Gasteiger partial charge < -0.3 is 10.1 Å². The standard InChI is InChI=1S/C19H21BrN2O2/c20-17-8-6-16(7-9-17)19(23)21-18(15-4-2-1-3-5-15)14-22-10-12-24-13-11-22/h1-9,18H,10-14H2,(H,21,23)/t18-/m1/s1. The maximum Gasteiger partial charge on any atom is 0.251 e. The minimum atomic E-state index is -0.0513. The van der Waals surface area contributed by atoms with E-state index < -0.39 is 0 Å². The molecule has 0 radical (unpaired) electrons. The first-order valence-electron chi connectivity index (χ1n) is 8.14. The van der Waals surface area contributed by atoms with Gasteiger partial charge in [-0.15, -0.1) is 0 Å². The average molecular weight is 389 g/mol. The molecule has 24 heavy (non-hydrogen) atoms. The SMILES string of the molecule is O=C(N[C@H](CN1CCOCC1)c1ccccc1)c1ccc(Br)cc1. The van der Waals surface area contributed by atoms with Gasteiger partial charge in [-0.1, -0.05) is 46.3 Å². The smallest absolute Gasteiger partial charge is 0.251 e. The highest BCUT2D eigenvalue weighted by atomic mass is 79.9. The Hall–Kier alpha value is -1.69. The summed E-state index contributed by atoms with van der Waals surface area (Å²) in [5.74, 6) is -0.0513. The Morgan fingerprint density at radius 1 is 1.08 bits per heavy atom. The van der Waals surface area contributed by atoms with Crippen molar-refractivity contribution in [1.82, 2.24) is 10.2 Å². The molecule has 4 nitrogen and oxygen atoms in total. The molecule has 1 N–H and O–H groups in total. The monoisotopic (exact) mass is 388 g/mol. The number of nitrogens with zero attached hydrogens (tertiary/aromatic N) is 1. The fourth-order valence-electron chi connectivity index (χ4n) is 2.80. The molecule has 1 fully saturated rings. The van der Waals surface area contributed by atoms with Crippen LogP contribution in [0.5, 0.6) is 0 Å². The summed E-state index contributed by atoms with van der Waals surface area (Å²) in [7, 11) is 0. The zero-order chi connectivity index (χ0) is 16.8. The number of hydrogen-bond donors (Lipinski definition) is 1. The average Bonchev–Trinajstić information content (AvgIpc) is 2.63. The summed E-state index contributed by atoms with van der Waals surface area (Å²) in [5.41, 5.74) is 1.79. The van der Waals surface area contributed by atoms with Crippen molar-refractivity contribution in [3.05, 3.63) is 70.2 Å². The van der Waals surface area contributed by atoms with E-state index in [0.29, 0.717) is 5.56 Å². The first kappa shape index (κ1) is 17.1. The van der Waals surface area contributed by atoms with E-state index in [0.717, 1.165) is 42.9 Å². The second kappa shape index (κ2) is 8.42. The number of benzene rings is 2. The summed E-state index contributed by atoms with van der Waals surface area (Å²) >= 11 is 3.40. The van der Waals surface area contributed by atoms with Gasteiger partial charge in [0.25, 0.3) is 5.91 Å². The molecule has 3 rings (SSSR count). The van der Waals surface area contributed by atoms with Gasteiger partial charge in [0.2, 0.25) is 0 Å². The van der Waals surface area contributed by atoms with Crippen LogP contribution in [0.1, 0.15) is 22.0 Å². The normalized spacial score (nSPS) is 16.5. The number of amides is 1. The lowest BCUT2D eigenvalue weighted by Gasteiger charge is -2.31. The van der Waals surface area contributed by atoms with Crippen LogP contribution in [0.3, 0.4) is 0 Å². The number of carbonyl (C=O) groups is 1. The Labute approximate surface area is 150 Å². The number of rotatable bonds is 5. The van der Waals surface area contributed by atoms with Crippen molar-refractivity contribution < 1.29 is 9.53 Å². The van der Waals surface area contributed by atoms with Crippen LogP contribution in [-0.2, 0) is 4.74 Å². The molecule has 0 saturated carbocycles. The predicted octanol–water partition coefficient (Wildman–Crippen LogP) is 3.25. The lowest BCUT2D eigenvalue weighted by atomic mass is 10.1. The summed E-state index contributed by atoms with van der Waals surface area (Å²) in [5, 5.41) is 3.18. The number of ether oxygens (including phenoxy) is 1. The molecule has 1 heterocycles. The van der Waals surface area contributed by atoms with Crippen molar-refractivity contribution in [2.24, 2.45) is 0 Å². The van der Waals surface area contributed by atoms with Crippen molar-refractivity contribution in [3.8, 4) is 0 Å². The van der Waals surface area contributed by atoms with Gasteiger partial charge in [0, 0.05) is 29.7 Å². The van der Waals surface area contributed by atoms with Crippen molar-refractivity contribution in [2.75, 3.05) is 32.8 Å². The highest BCUT2D eigenvalue weighted by Crippen LogP contribution is 2.17. The molecule has 1 aliphatic rings. The Bertz CT molecular complexity index is 655. The summed E-state index contributed by atoms with van der Waals surface area (Å²) < 4.78 is 6.38. The molecule has 0 spiro atoms. The maximum atomic E-state index is 12.6. The number of nitrogens with one attached hydrogen (secondary N) is 1. The van der Waals surface area contributed by atoms with E-state index in [-0.39, 0.29) is 11.9 Å². The molecular weight excluding hydrogens is 368 g/mol. The zero-order valence-electron chi connectivity index (χ0n) is 13.5. The minimum Gasteiger partial charge on any atom is -0.379 e. The van der Waals surface area contributed by atoms with Crippen molar-refractivity contribution in [3.63, 3.8) is 0 Å². The Kier molecular flexibility index (Phi) is 6.01. The number of hydrogen-bond acceptors (Lipinski definition) is 3. The molecule has 0 unspecified atom stereocenters. The molecule has 1 atom stereocenters. The first-order valence-corrected chi connectivity index (χ1v) is 8.93. The summed E-state index contributed by atoms with van der Waals surface area (Å²) in [6.07, 6.45) is 0. The molecule has 2 aromatic carbocycles.